The van der Waals surface area contributed by atoms with Crippen LogP contribution in [0.4, 0.5) is 0 Å². The van der Waals surface area contributed by atoms with E-state index in [1.54, 1.807) is 0 Å². The van der Waals surface area contributed by atoms with Crippen LogP contribution in [-0.2, 0) is 19.2 Å². The highest BCUT2D eigenvalue weighted by molar-refractivity contribution is 5.85. The first kappa shape index (κ1) is 14.8. The third kappa shape index (κ3) is 6.10. The topological polar surface area (TPSA) is 167 Å². The highest BCUT2D eigenvalue weighted by atomic mass is 16.4. The second kappa shape index (κ2) is 6.43. The molecule has 9 nitrogen and oxygen atoms in total. The minimum atomic E-state index is -1.60. The van der Waals surface area contributed by atoms with Gasteiger partial charge < -0.3 is 21.1 Å². The summed E-state index contributed by atoms with van der Waals surface area (Å²) in [4.78, 5) is 42.2. The number of aliphatic carboxylic acids is 3. The SMILES string of the molecule is NC(=O)C[C@H](NC(CC(=O)O)C(=O)O)C(=O)O. The van der Waals surface area contributed by atoms with Crippen molar-refractivity contribution in [2.45, 2.75) is 24.9 Å². The summed E-state index contributed by atoms with van der Waals surface area (Å²) < 4.78 is 0. The Bertz CT molecular complexity index is 309. The van der Waals surface area contributed by atoms with Gasteiger partial charge in [-0.25, -0.2) is 0 Å². The van der Waals surface area contributed by atoms with Gasteiger partial charge in [-0.15, -0.1) is 0 Å². The standard InChI is InChI=1S/C8H12N2O7/c9-5(11)1-3(7(14)15)10-4(8(16)17)2-6(12)13/h3-4,10H,1-2H2,(H2,9,11)(H,12,13)(H,14,15)(H,16,17)/t3-,4?/m0/s1. The second-order valence-corrected chi connectivity index (χ2v) is 3.22. The molecule has 0 rings (SSSR count). The number of rotatable bonds is 8. The molecular formula is C8H12N2O7. The van der Waals surface area contributed by atoms with Gasteiger partial charge in [-0.2, -0.15) is 0 Å². The summed E-state index contributed by atoms with van der Waals surface area (Å²) in [5, 5.41) is 27.8. The zero-order valence-corrected chi connectivity index (χ0v) is 8.62. The van der Waals surface area contributed by atoms with Crippen molar-refractivity contribution in [2.24, 2.45) is 5.73 Å². The Hall–Kier alpha value is -2.16. The lowest BCUT2D eigenvalue weighted by atomic mass is 10.1. The van der Waals surface area contributed by atoms with Crippen LogP contribution in [0, 0.1) is 0 Å². The molecule has 17 heavy (non-hydrogen) atoms. The van der Waals surface area contributed by atoms with Gasteiger partial charge >= 0.3 is 17.9 Å². The number of nitrogens with two attached hydrogens (primary N) is 1. The molecule has 0 fully saturated rings. The van der Waals surface area contributed by atoms with E-state index in [1.807, 2.05) is 5.32 Å². The van der Waals surface area contributed by atoms with Crippen LogP contribution in [0.5, 0.6) is 0 Å². The van der Waals surface area contributed by atoms with Crippen molar-refractivity contribution >= 4 is 23.8 Å². The largest absolute Gasteiger partial charge is 0.481 e. The van der Waals surface area contributed by atoms with Crippen LogP contribution < -0.4 is 11.1 Å². The third-order valence-corrected chi connectivity index (χ3v) is 1.78. The Kier molecular flexibility index (Phi) is 5.61. The van der Waals surface area contributed by atoms with Crippen LogP contribution in [0.25, 0.3) is 0 Å². The van der Waals surface area contributed by atoms with E-state index in [-0.39, 0.29) is 0 Å². The first-order chi connectivity index (χ1) is 7.73. The zero-order chi connectivity index (χ0) is 13.6. The van der Waals surface area contributed by atoms with E-state index >= 15 is 0 Å². The Morgan fingerprint density at radius 2 is 1.35 bits per heavy atom. The van der Waals surface area contributed by atoms with Gasteiger partial charge in [0.15, 0.2) is 0 Å². The highest BCUT2D eigenvalue weighted by Gasteiger charge is 2.28. The van der Waals surface area contributed by atoms with Crippen LogP contribution in [0.1, 0.15) is 12.8 Å². The molecule has 0 spiro atoms. The average molecular weight is 248 g/mol. The molecule has 0 aromatic carbocycles. The number of primary amides is 1. The fourth-order valence-electron chi connectivity index (χ4n) is 1.05. The summed E-state index contributed by atoms with van der Waals surface area (Å²) in [5.74, 6) is -5.36. The minimum absolute atomic E-state index is 0.626. The normalized spacial score (nSPS) is 13.6. The molecule has 0 bridgehead atoms. The fraction of sp³-hybridized carbons (Fsp3) is 0.500. The Labute approximate surface area is 95.2 Å². The molecule has 0 saturated heterocycles. The van der Waals surface area contributed by atoms with E-state index in [4.69, 9.17) is 21.1 Å². The smallest absolute Gasteiger partial charge is 0.321 e. The molecule has 0 aliphatic carbocycles. The number of hydrogen-bond acceptors (Lipinski definition) is 5. The molecule has 0 aliphatic heterocycles. The fourth-order valence-corrected chi connectivity index (χ4v) is 1.05. The summed E-state index contributed by atoms with van der Waals surface area (Å²) in [5.41, 5.74) is 4.78. The van der Waals surface area contributed by atoms with Crippen molar-refractivity contribution in [1.82, 2.24) is 5.32 Å². The predicted molar refractivity (Wildman–Crippen MR) is 52.0 cm³/mol. The number of carboxylic acids is 3. The zero-order valence-electron chi connectivity index (χ0n) is 8.62. The van der Waals surface area contributed by atoms with E-state index < -0.39 is 48.7 Å². The number of carbonyl (C=O) groups excluding carboxylic acids is 1. The van der Waals surface area contributed by atoms with Crippen LogP contribution in [0.15, 0.2) is 0 Å². The summed E-state index contributed by atoms with van der Waals surface area (Å²) in [6, 6.07) is -3.14. The second-order valence-electron chi connectivity index (χ2n) is 3.22. The van der Waals surface area contributed by atoms with Crippen LogP contribution in [-0.4, -0.2) is 51.2 Å². The van der Waals surface area contributed by atoms with Gasteiger partial charge in [0.1, 0.15) is 12.1 Å². The van der Waals surface area contributed by atoms with Gasteiger partial charge in [0.25, 0.3) is 0 Å². The summed E-state index contributed by atoms with van der Waals surface area (Å²) in [6.45, 7) is 0. The maximum absolute atomic E-state index is 10.7. The average Bonchev–Trinajstić information content (AvgIpc) is 2.13. The molecule has 96 valence electrons. The van der Waals surface area contributed by atoms with Crippen molar-refractivity contribution in [2.75, 3.05) is 0 Å². The summed E-state index contributed by atoms with van der Waals surface area (Å²) in [7, 11) is 0. The van der Waals surface area contributed by atoms with Crippen molar-refractivity contribution < 1.29 is 34.5 Å². The van der Waals surface area contributed by atoms with Crippen LogP contribution in [0.2, 0.25) is 0 Å². The molecule has 0 aromatic rings. The van der Waals surface area contributed by atoms with Crippen molar-refractivity contribution in [3.63, 3.8) is 0 Å². The van der Waals surface area contributed by atoms with Gasteiger partial charge in [-0.05, 0) is 0 Å². The first-order valence-electron chi connectivity index (χ1n) is 4.45. The van der Waals surface area contributed by atoms with Gasteiger partial charge in [-0.3, -0.25) is 24.5 Å². The van der Waals surface area contributed by atoms with E-state index in [0.717, 1.165) is 0 Å². The van der Waals surface area contributed by atoms with Gasteiger partial charge in [-0.1, -0.05) is 0 Å². The first-order valence-corrected chi connectivity index (χ1v) is 4.45. The lowest BCUT2D eigenvalue weighted by Crippen LogP contribution is -2.49. The monoisotopic (exact) mass is 248 g/mol. The predicted octanol–water partition coefficient (Wildman–Crippen LogP) is -2.17. The maximum atomic E-state index is 10.7. The Morgan fingerprint density at radius 3 is 1.65 bits per heavy atom. The van der Waals surface area contributed by atoms with E-state index in [1.165, 1.54) is 0 Å². The number of carboxylic acid groups (broad SMARTS) is 3. The molecule has 6 N–H and O–H groups in total. The molecule has 9 heteroatoms. The molecule has 0 heterocycles. The lowest BCUT2D eigenvalue weighted by Gasteiger charge is -2.17. The molecular weight excluding hydrogens is 236 g/mol. The molecule has 0 saturated carbocycles. The number of carbonyl (C=O) groups is 4. The maximum Gasteiger partial charge on any atom is 0.321 e. The molecule has 1 unspecified atom stereocenters. The third-order valence-electron chi connectivity index (χ3n) is 1.78. The summed E-state index contributed by atoms with van der Waals surface area (Å²) in [6.07, 6.45) is -1.43. The summed E-state index contributed by atoms with van der Waals surface area (Å²) >= 11 is 0. The Balaban J connectivity index is 4.67. The van der Waals surface area contributed by atoms with Crippen molar-refractivity contribution in [3.8, 4) is 0 Å². The molecule has 0 radical (unpaired) electrons. The van der Waals surface area contributed by atoms with Crippen LogP contribution in [0.3, 0.4) is 0 Å². The number of hydrogen-bond donors (Lipinski definition) is 5. The minimum Gasteiger partial charge on any atom is -0.481 e. The van der Waals surface area contributed by atoms with Gasteiger partial charge in [0.2, 0.25) is 5.91 Å². The number of nitrogens with one attached hydrogen (secondary N) is 1. The molecule has 0 aromatic heterocycles. The van der Waals surface area contributed by atoms with E-state index in [2.05, 4.69) is 0 Å². The highest BCUT2D eigenvalue weighted by Crippen LogP contribution is 1.99. The molecule has 2 atom stereocenters. The molecule has 1 amide bonds. The van der Waals surface area contributed by atoms with E-state index in [9.17, 15) is 19.2 Å². The van der Waals surface area contributed by atoms with Crippen LogP contribution >= 0.6 is 0 Å². The molecule has 0 aliphatic rings. The lowest BCUT2D eigenvalue weighted by molar-refractivity contribution is -0.148. The van der Waals surface area contributed by atoms with Gasteiger partial charge in [0, 0.05) is 0 Å². The quantitative estimate of drug-likeness (QED) is 0.323. The number of amides is 1. The van der Waals surface area contributed by atoms with Crippen molar-refractivity contribution in [1.29, 1.82) is 0 Å². The Morgan fingerprint density at radius 1 is 0.941 bits per heavy atom. The van der Waals surface area contributed by atoms with Gasteiger partial charge in [0.05, 0.1) is 12.8 Å². The van der Waals surface area contributed by atoms with E-state index in [0.29, 0.717) is 0 Å². The van der Waals surface area contributed by atoms with Crippen molar-refractivity contribution in [3.05, 3.63) is 0 Å².